The molecule has 2 aromatic rings. The predicted molar refractivity (Wildman–Crippen MR) is 96.9 cm³/mol. The molecule has 6 heteroatoms. The molecule has 3 rings (SSSR count). The Hall–Kier alpha value is -2.73. The lowest BCUT2D eigenvalue weighted by molar-refractivity contribution is 0.0600. The molecule has 1 heterocycles. The molecule has 0 spiro atoms. The highest BCUT2D eigenvalue weighted by atomic mass is 16.7. The third-order valence-corrected chi connectivity index (χ3v) is 4.31. The normalized spacial score (nSPS) is 12.7. The van der Waals surface area contributed by atoms with Crippen molar-refractivity contribution in [2.75, 3.05) is 27.1 Å². The second-order valence-corrected chi connectivity index (χ2v) is 6.48. The predicted octanol–water partition coefficient (Wildman–Crippen LogP) is 3.11. The van der Waals surface area contributed by atoms with Crippen LogP contribution in [-0.4, -0.2) is 33.0 Å². The third-order valence-electron chi connectivity index (χ3n) is 4.31. The zero-order valence-corrected chi connectivity index (χ0v) is 15.2. The van der Waals surface area contributed by atoms with Crippen LogP contribution in [0.1, 0.15) is 29.8 Å². The highest BCUT2D eigenvalue weighted by molar-refractivity contribution is 5.89. The van der Waals surface area contributed by atoms with E-state index in [4.69, 9.17) is 14.2 Å². The lowest BCUT2D eigenvalue weighted by Gasteiger charge is -2.27. The van der Waals surface area contributed by atoms with Gasteiger partial charge in [-0.25, -0.2) is 4.79 Å². The molecule has 0 unspecified atom stereocenters. The zero-order chi connectivity index (χ0) is 18.6. The number of carbonyl (C=O) groups excluding carboxylic acids is 1. The van der Waals surface area contributed by atoms with Gasteiger partial charge in [-0.2, -0.15) is 0 Å². The quantitative estimate of drug-likeness (QED) is 0.607. The van der Waals surface area contributed by atoms with Gasteiger partial charge >= 0.3 is 5.97 Å². The van der Waals surface area contributed by atoms with E-state index in [0.29, 0.717) is 24.5 Å². The largest absolute Gasteiger partial charge is 0.492 e. The van der Waals surface area contributed by atoms with Crippen molar-refractivity contribution >= 4 is 5.97 Å². The Bertz CT molecular complexity index is 770. The maximum Gasteiger partial charge on any atom is 0.337 e. The summed E-state index contributed by atoms with van der Waals surface area (Å²) in [5, 5.41) is 3.48. The fourth-order valence-electron chi connectivity index (χ4n) is 2.72. The molecule has 2 aromatic carbocycles. The molecule has 1 aliphatic rings. The number of hydrogen-bond donors (Lipinski definition) is 1. The van der Waals surface area contributed by atoms with Crippen molar-refractivity contribution < 1.29 is 23.7 Å². The molecule has 0 aliphatic carbocycles. The molecule has 138 valence electrons. The lowest BCUT2D eigenvalue weighted by atomic mass is 9.94. The van der Waals surface area contributed by atoms with Crippen molar-refractivity contribution in [2.45, 2.75) is 19.4 Å². The summed E-state index contributed by atoms with van der Waals surface area (Å²) in [6.07, 6.45) is 0. The fraction of sp³-hybridized carbons (Fsp3) is 0.350. The van der Waals surface area contributed by atoms with Crippen LogP contribution in [0.3, 0.4) is 0 Å². The molecule has 26 heavy (non-hydrogen) atoms. The van der Waals surface area contributed by atoms with Gasteiger partial charge in [0.05, 0.1) is 12.7 Å². The third kappa shape index (κ3) is 4.08. The Morgan fingerprint density at radius 3 is 2.58 bits per heavy atom. The average Bonchev–Trinajstić information content (AvgIpc) is 3.13. The summed E-state index contributed by atoms with van der Waals surface area (Å²) < 4.78 is 21.2. The van der Waals surface area contributed by atoms with E-state index in [2.05, 4.69) is 23.9 Å². The van der Waals surface area contributed by atoms with Crippen molar-refractivity contribution in [3.05, 3.63) is 53.6 Å². The van der Waals surface area contributed by atoms with Crippen LogP contribution in [0.2, 0.25) is 0 Å². The van der Waals surface area contributed by atoms with Gasteiger partial charge < -0.3 is 24.3 Å². The summed E-state index contributed by atoms with van der Waals surface area (Å²) >= 11 is 0. The van der Waals surface area contributed by atoms with Crippen molar-refractivity contribution in [3.63, 3.8) is 0 Å². The second-order valence-electron chi connectivity index (χ2n) is 6.48. The van der Waals surface area contributed by atoms with E-state index in [0.717, 1.165) is 17.1 Å². The molecule has 0 aromatic heterocycles. The van der Waals surface area contributed by atoms with Crippen molar-refractivity contribution in [1.82, 2.24) is 5.32 Å². The Kier molecular flexibility index (Phi) is 5.32. The first-order chi connectivity index (χ1) is 12.5. The number of hydrogen-bond acceptors (Lipinski definition) is 6. The highest BCUT2D eigenvalue weighted by Crippen LogP contribution is 2.35. The number of fused-ring (bicyclic) bond motifs is 1. The molecule has 1 N–H and O–H groups in total. The van der Waals surface area contributed by atoms with E-state index < -0.39 is 0 Å². The first-order valence-electron chi connectivity index (χ1n) is 8.46. The van der Waals surface area contributed by atoms with Gasteiger partial charge in [0.15, 0.2) is 11.5 Å². The van der Waals surface area contributed by atoms with E-state index in [1.807, 2.05) is 18.2 Å². The number of benzene rings is 2. The summed E-state index contributed by atoms with van der Waals surface area (Å²) in [4.78, 5) is 11.4. The topological polar surface area (TPSA) is 66.0 Å². The summed E-state index contributed by atoms with van der Waals surface area (Å²) in [6, 6.07) is 12.9. The van der Waals surface area contributed by atoms with Crippen molar-refractivity contribution in [3.8, 4) is 17.2 Å². The van der Waals surface area contributed by atoms with Crippen LogP contribution >= 0.6 is 0 Å². The molecular formula is C20H23NO5. The van der Waals surface area contributed by atoms with Gasteiger partial charge in [0.2, 0.25) is 6.79 Å². The molecule has 6 nitrogen and oxygen atoms in total. The maximum atomic E-state index is 11.4. The molecular weight excluding hydrogens is 334 g/mol. The number of rotatable bonds is 7. The molecule has 0 atom stereocenters. The minimum atomic E-state index is -0.358. The van der Waals surface area contributed by atoms with Gasteiger partial charge in [0.25, 0.3) is 0 Å². The van der Waals surface area contributed by atoms with Crippen molar-refractivity contribution in [2.24, 2.45) is 0 Å². The zero-order valence-electron chi connectivity index (χ0n) is 15.2. The minimum absolute atomic E-state index is 0.237. The summed E-state index contributed by atoms with van der Waals surface area (Å²) in [5.74, 6) is 1.91. The Labute approximate surface area is 153 Å². The first-order valence-corrected chi connectivity index (χ1v) is 8.46. The highest BCUT2D eigenvalue weighted by Gasteiger charge is 2.23. The van der Waals surface area contributed by atoms with Gasteiger partial charge in [0, 0.05) is 12.1 Å². The Balaban J connectivity index is 1.50. The van der Waals surface area contributed by atoms with E-state index in [1.165, 1.54) is 7.11 Å². The number of esters is 1. The maximum absolute atomic E-state index is 11.4. The van der Waals surface area contributed by atoms with Gasteiger partial charge in [-0.15, -0.1) is 0 Å². The second kappa shape index (κ2) is 7.66. The number of nitrogens with one attached hydrogen (secondary N) is 1. The van der Waals surface area contributed by atoms with Gasteiger partial charge in [0.1, 0.15) is 12.4 Å². The van der Waals surface area contributed by atoms with Crippen LogP contribution in [0.25, 0.3) is 0 Å². The van der Waals surface area contributed by atoms with Gasteiger partial charge in [-0.05, 0) is 55.8 Å². The SMILES string of the molecule is COC(=O)c1ccc(OCCNC(C)(C)c2ccc3c(c2)OCO3)cc1. The number of carbonyl (C=O) groups is 1. The van der Waals surface area contributed by atoms with E-state index in [-0.39, 0.29) is 18.3 Å². The van der Waals surface area contributed by atoms with Crippen LogP contribution in [0.5, 0.6) is 17.2 Å². The lowest BCUT2D eigenvalue weighted by Crippen LogP contribution is -2.39. The van der Waals surface area contributed by atoms with Crippen LogP contribution in [0, 0.1) is 0 Å². The molecule has 0 radical (unpaired) electrons. The van der Waals surface area contributed by atoms with E-state index >= 15 is 0 Å². The molecule has 0 saturated heterocycles. The summed E-state index contributed by atoms with van der Waals surface area (Å²) in [7, 11) is 1.36. The monoisotopic (exact) mass is 357 g/mol. The fourth-order valence-corrected chi connectivity index (χ4v) is 2.72. The van der Waals surface area contributed by atoms with Crippen LogP contribution in [0.15, 0.2) is 42.5 Å². The van der Waals surface area contributed by atoms with Crippen LogP contribution < -0.4 is 19.5 Å². The number of ether oxygens (including phenoxy) is 4. The molecule has 0 bridgehead atoms. The van der Waals surface area contributed by atoms with Gasteiger partial charge in [-0.3, -0.25) is 0 Å². The smallest absolute Gasteiger partial charge is 0.337 e. The first kappa shape index (κ1) is 18.1. The summed E-state index contributed by atoms with van der Waals surface area (Å²) in [5.41, 5.74) is 1.38. The average molecular weight is 357 g/mol. The minimum Gasteiger partial charge on any atom is -0.492 e. The summed E-state index contributed by atoms with van der Waals surface area (Å²) in [6.45, 7) is 5.66. The Morgan fingerprint density at radius 2 is 1.85 bits per heavy atom. The molecule has 0 fully saturated rings. The van der Waals surface area contributed by atoms with Crippen molar-refractivity contribution in [1.29, 1.82) is 0 Å². The molecule has 1 aliphatic heterocycles. The van der Waals surface area contributed by atoms with Crippen LogP contribution in [0.4, 0.5) is 0 Å². The van der Waals surface area contributed by atoms with Crippen LogP contribution in [-0.2, 0) is 10.3 Å². The number of methoxy groups -OCH3 is 1. The molecule has 0 saturated carbocycles. The van der Waals surface area contributed by atoms with Gasteiger partial charge in [-0.1, -0.05) is 6.07 Å². The van der Waals surface area contributed by atoms with E-state index in [1.54, 1.807) is 24.3 Å². The molecule has 0 amide bonds. The standard InChI is InChI=1S/C20H23NO5/c1-20(2,15-6-9-17-18(12-15)26-13-25-17)21-10-11-24-16-7-4-14(5-8-16)19(22)23-3/h4-9,12,21H,10-11,13H2,1-3H3. The van der Waals surface area contributed by atoms with E-state index in [9.17, 15) is 4.79 Å². The Morgan fingerprint density at radius 1 is 1.12 bits per heavy atom.